The third-order valence-corrected chi connectivity index (χ3v) is 4.86. The second-order valence-electron chi connectivity index (χ2n) is 5.19. The Morgan fingerprint density at radius 2 is 1.50 bits per heavy atom. The van der Waals surface area contributed by atoms with Gasteiger partial charge in [0.1, 0.15) is 17.7 Å². The number of carbonyl (C=O) groups is 1. The van der Waals surface area contributed by atoms with Crippen molar-refractivity contribution in [1.82, 2.24) is 0 Å². The highest BCUT2D eigenvalue weighted by Crippen LogP contribution is 2.49. The van der Waals surface area contributed by atoms with Crippen molar-refractivity contribution in [3.05, 3.63) is 65.2 Å². The number of Topliss-reactive ketones (excluding diaryl/α,β-unsaturated/α-hetero) is 1. The first-order valence-electron chi connectivity index (χ1n) is 7.23. The van der Waals surface area contributed by atoms with Gasteiger partial charge in [0.05, 0.1) is 0 Å². The fraction of sp³-hybridized carbons (Fsp3) is 0.176. The molecule has 0 bridgehead atoms. The molecular weight excluding hydrogens is 327 g/mol. The lowest BCUT2D eigenvalue weighted by atomic mass is 10.2. The van der Waals surface area contributed by atoms with Gasteiger partial charge < -0.3 is 14.6 Å². The van der Waals surface area contributed by atoms with Crippen LogP contribution >= 0.6 is 7.60 Å². The van der Waals surface area contributed by atoms with E-state index in [1.54, 1.807) is 50.2 Å². The van der Waals surface area contributed by atoms with Crippen LogP contribution in [-0.2, 0) is 9.36 Å². The summed E-state index contributed by atoms with van der Waals surface area (Å²) in [7, 11) is -3.85. The van der Waals surface area contributed by atoms with E-state index in [2.05, 4.69) is 4.79 Å². The molecule has 7 heteroatoms. The molecule has 0 aromatic heterocycles. The van der Waals surface area contributed by atoms with E-state index in [1.807, 2.05) is 12.1 Å². The topological polar surface area (TPSA) is 89.0 Å². The van der Waals surface area contributed by atoms with Crippen LogP contribution in [0, 0.1) is 13.8 Å². The minimum Gasteiger partial charge on any atom is -0.415 e. The molecule has 0 unspecified atom stereocenters. The average Bonchev–Trinajstić information content (AvgIpc) is 2.52. The summed E-state index contributed by atoms with van der Waals surface area (Å²) in [4.78, 5) is 14.4. The highest BCUT2D eigenvalue weighted by molar-refractivity contribution is 7.55. The van der Waals surface area contributed by atoms with Gasteiger partial charge in [-0.2, -0.15) is 4.79 Å². The maximum Gasteiger partial charge on any atom is 0.438 e. The largest absolute Gasteiger partial charge is 0.438 e. The molecule has 0 heterocycles. The zero-order valence-corrected chi connectivity index (χ0v) is 14.3. The lowest BCUT2D eigenvalue weighted by molar-refractivity contribution is -0.114. The monoisotopic (exact) mass is 344 g/mol. The summed E-state index contributed by atoms with van der Waals surface area (Å²) in [6, 6.07) is 14.0. The Balaban J connectivity index is 2.35. The fourth-order valence-corrected chi connectivity index (χ4v) is 3.64. The molecule has 0 radical (unpaired) electrons. The molecule has 0 aliphatic carbocycles. The van der Waals surface area contributed by atoms with Crippen LogP contribution in [0.2, 0.25) is 0 Å². The number of hydrogen-bond acceptors (Lipinski definition) is 4. The normalized spacial score (nSPS) is 10.6. The summed E-state index contributed by atoms with van der Waals surface area (Å²) in [5.41, 5.74) is 10.00. The van der Waals surface area contributed by atoms with Crippen LogP contribution in [0.15, 0.2) is 48.5 Å². The first kappa shape index (κ1) is 17.7. The van der Waals surface area contributed by atoms with Gasteiger partial charge in [0.2, 0.25) is 0 Å². The van der Waals surface area contributed by atoms with Gasteiger partial charge in [-0.3, -0.25) is 4.79 Å². The summed E-state index contributed by atoms with van der Waals surface area (Å²) in [5.74, 6) is 0.0642. The number of ketones is 1. The molecule has 0 fully saturated rings. The lowest BCUT2D eigenvalue weighted by Crippen LogP contribution is -2.15. The number of hydrogen-bond donors (Lipinski definition) is 0. The second-order valence-corrected chi connectivity index (χ2v) is 7.10. The van der Waals surface area contributed by atoms with E-state index in [1.165, 1.54) is 0 Å². The summed E-state index contributed by atoms with van der Waals surface area (Å²) >= 11 is 0. The van der Waals surface area contributed by atoms with Crippen molar-refractivity contribution in [3.8, 4) is 11.5 Å². The summed E-state index contributed by atoms with van der Waals surface area (Å²) in [6.07, 6.45) is 0.134. The Kier molecular flexibility index (Phi) is 5.69. The first-order chi connectivity index (χ1) is 11.4. The van der Waals surface area contributed by atoms with E-state index < -0.39 is 19.5 Å². The molecule has 2 rings (SSSR count). The number of rotatable bonds is 7. The number of aryl methyl sites for hydroxylation is 2. The molecule has 0 aliphatic rings. The molecule has 2 aromatic carbocycles. The quantitative estimate of drug-likeness (QED) is 0.330. The van der Waals surface area contributed by atoms with Crippen molar-refractivity contribution in [2.45, 2.75) is 13.8 Å². The maximum atomic E-state index is 13.1. The molecule has 0 N–H and O–H groups in total. The highest BCUT2D eigenvalue weighted by atomic mass is 31.2. The van der Waals surface area contributed by atoms with E-state index in [0.29, 0.717) is 17.7 Å². The lowest BCUT2D eigenvalue weighted by Gasteiger charge is -2.20. The standard InChI is InChI=1S/C17H17N2O4P/c1-13-7-3-5-9-16(13)22-24(21,12-15(20)11-19-18)23-17-10-6-4-8-14(17)2/h3-11H,12H2,1-2H3. The molecule has 0 atom stereocenters. The van der Waals surface area contributed by atoms with Crippen LogP contribution in [0.5, 0.6) is 11.5 Å². The summed E-state index contributed by atoms with van der Waals surface area (Å²) in [5, 5.41) is 0. The average molecular weight is 344 g/mol. The molecule has 0 amide bonds. The van der Waals surface area contributed by atoms with Crippen molar-refractivity contribution >= 4 is 19.6 Å². The van der Waals surface area contributed by atoms with Gasteiger partial charge in [-0.15, -0.1) is 0 Å². The smallest absolute Gasteiger partial charge is 0.415 e. The zero-order valence-electron chi connectivity index (χ0n) is 13.4. The Hall–Kier alpha value is -2.68. The van der Waals surface area contributed by atoms with Gasteiger partial charge >= 0.3 is 13.8 Å². The molecule has 0 saturated heterocycles. The molecule has 0 aliphatic heterocycles. The van der Waals surface area contributed by atoms with Crippen LogP contribution in [0.25, 0.3) is 5.53 Å². The Labute approximate surface area is 140 Å². The summed E-state index contributed by atoms with van der Waals surface area (Å²) < 4.78 is 24.3. The van der Waals surface area contributed by atoms with Crippen LogP contribution in [0.3, 0.4) is 0 Å². The van der Waals surface area contributed by atoms with Gasteiger partial charge in [-0.05, 0) is 37.1 Å². The summed E-state index contributed by atoms with van der Waals surface area (Å²) in [6.45, 7) is 3.59. The molecule has 124 valence electrons. The van der Waals surface area contributed by atoms with Gasteiger partial charge in [-0.1, -0.05) is 36.4 Å². The number of para-hydroxylation sites is 2. The van der Waals surface area contributed by atoms with Gasteiger partial charge in [0, 0.05) is 0 Å². The van der Waals surface area contributed by atoms with E-state index in [-0.39, 0.29) is 0 Å². The van der Waals surface area contributed by atoms with Crippen molar-refractivity contribution < 1.29 is 23.2 Å². The maximum absolute atomic E-state index is 13.1. The predicted molar refractivity (Wildman–Crippen MR) is 90.8 cm³/mol. The molecule has 0 saturated carbocycles. The predicted octanol–water partition coefficient (Wildman–Crippen LogP) is 3.82. The van der Waals surface area contributed by atoms with E-state index in [4.69, 9.17) is 14.6 Å². The fourth-order valence-electron chi connectivity index (χ4n) is 2.00. The van der Waals surface area contributed by atoms with Crippen molar-refractivity contribution in [2.24, 2.45) is 0 Å². The van der Waals surface area contributed by atoms with Crippen molar-refractivity contribution in [2.75, 3.05) is 6.16 Å². The van der Waals surface area contributed by atoms with E-state index >= 15 is 0 Å². The van der Waals surface area contributed by atoms with Crippen LogP contribution in [0.1, 0.15) is 11.1 Å². The molecule has 0 spiro atoms. The van der Waals surface area contributed by atoms with E-state index in [9.17, 15) is 9.36 Å². The zero-order chi connectivity index (χ0) is 17.6. The Morgan fingerprint density at radius 3 is 1.92 bits per heavy atom. The van der Waals surface area contributed by atoms with Gasteiger partial charge in [-0.25, -0.2) is 4.57 Å². The van der Waals surface area contributed by atoms with Crippen molar-refractivity contribution in [1.29, 1.82) is 0 Å². The third-order valence-electron chi connectivity index (χ3n) is 3.21. The molecule has 24 heavy (non-hydrogen) atoms. The van der Waals surface area contributed by atoms with Crippen LogP contribution in [0.4, 0.5) is 0 Å². The SMILES string of the molecule is Cc1ccccc1OP(=O)(CC(=O)C=[N+]=[N-])Oc1ccccc1C. The Morgan fingerprint density at radius 1 is 1.04 bits per heavy atom. The third kappa shape index (κ3) is 4.66. The molecule has 6 nitrogen and oxygen atoms in total. The van der Waals surface area contributed by atoms with Gasteiger partial charge in [0.15, 0.2) is 0 Å². The second kappa shape index (κ2) is 7.73. The molecular formula is C17H17N2O4P. The van der Waals surface area contributed by atoms with Crippen molar-refractivity contribution in [3.63, 3.8) is 0 Å². The van der Waals surface area contributed by atoms with E-state index in [0.717, 1.165) is 11.1 Å². The first-order valence-corrected chi connectivity index (χ1v) is 8.96. The number of carbonyl (C=O) groups excluding carboxylic acids is 1. The minimum atomic E-state index is -3.85. The van der Waals surface area contributed by atoms with Crippen LogP contribution in [-0.4, -0.2) is 22.9 Å². The van der Waals surface area contributed by atoms with Crippen LogP contribution < -0.4 is 9.05 Å². The number of benzene rings is 2. The molecule has 2 aromatic rings. The number of nitrogens with zero attached hydrogens (tertiary/aromatic N) is 2. The van der Waals surface area contributed by atoms with Gasteiger partial charge in [0.25, 0.3) is 5.78 Å². The highest BCUT2D eigenvalue weighted by Gasteiger charge is 2.33. The Bertz CT molecular complexity index is 792. The minimum absolute atomic E-state index is 0.364.